The Kier molecular flexibility index (Phi) is 3.88. The van der Waals surface area contributed by atoms with Crippen LogP contribution < -0.4 is 5.32 Å². The van der Waals surface area contributed by atoms with Gasteiger partial charge in [-0.05, 0) is 25.8 Å². The molecule has 0 spiro atoms. The molecule has 0 aromatic carbocycles. The number of carboxylic acids is 1. The minimum absolute atomic E-state index is 0.00646. The Labute approximate surface area is 89.4 Å². The molecule has 0 radical (unpaired) electrons. The van der Waals surface area contributed by atoms with E-state index in [-0.39, 0.29) is 23.9 Å². The average Bonchev–Trinajstić information content (AvgIpc) is 2.51. The number of aliphatic carboxylic acids is 1. The zero-order valence-corrected chi connectivity index (χ0v) is 8.75. The van der Waals surface area contributed by atoms with Gasteiger partial charge >= 0.3 is 11.5 Å². The van der Waals surface area contributed by atoms with Crippen LogP contribution in [0.15, 0.2) is 0 Å². The SMILES string of the molecule is O=C(O)C1(CCSC(F)(F)F)CCCN1. The van der Waals surface area contributed by atoms with E-state index in [1.165, 1.54) is 0 Å². The molecular formula is C8H12F3NO2S. The average molecular weight is 243 g/mol. The maximum absolute atomic E-state index is 11.9. The molecule has 1 aliphatic rings. The van der Waals surface area contributed by atoms with E-state index in [9.17, 15) is 18.0 Å². The Morgan fingerprint density at radius 3 is 2.60 bits per heavy atom. The van der Waals surface area contributed by atoms with Crippen LogP contribution in [-0.4, -0.2) is 34.4 Å². The number of hydrogen-bond acceptors (Lipinski definition) is 3. The lowest BCUT2D eigenvalue weighted by atomic mass is 9.95. The summed E-state index contributed by atoms with van der Waals surface area (Å²) in [6.07, 6.45) is 1.11. The molecule has 15 heavy (non-hydrogen) atoms. The van der Waals surface area contributed by atoms with E-state index >= 15 is 0 Å². The minimum Gasteiger partial charge on any atom is -0.480 e. The maximum Gasteiger partial charge on any atom is 0.441 e. The molecule has 0 aromatic rings. The third-order valence-electron chi connectivity index (χ3n) is 2.45. The van der Waals surface area contributed by atoms with Crippen LogP contribution in [0.5, 0.6) is 0 Å². The van der Waals surface area contributed by atoms with Gasteiger partial charge in [0.05, 0.1) is 0 Å². The van der Waals surface area contributed by atoms with Gasteiger partial charge in [-0.15, -0.1) is 0 Å². The summed E-state index contributed by atoms with van der Waals surface area (Å²) in [5, 5.41) is 11.7. The van der Waals surface area contributed by atoms with Crippen molar-refractivity contribution in [2.24, 2.45) is 0 Å². The fraction of sp³-hybridized carbons (Fsp3) is 0.875. The Balaban J connectivity index is 2.43. The van der Waals surface area contributed by atoms with Crippen molar-refractivity contribution in [3.63, 3.8) is 0 Å². The van der Waals surface area contributed by atoms with Gasteiger partial charge in [0.2, 0.25) is 0 Å². The molecule has 1 unspecified atom stereocenters. The van der Waals surface area contributed by atoms with Gasteiger partial charge in [-0.2, -0.15) is 13.2 Å². The fourth-order valence-corrected chi connectivity index (χ4v) is 2.33. The van der Waals surface area contributed by atoms with Crippen LogP contribution >= 0.6 is 11.8 Å². The molecule has 1 saturated heterocycles. The Morgan fingerprint density at radius 2 is 2.20 bits per heavy atom. The van der Waals surface area contributed by atoms with E-state index < -0.39 is 17.0 Å². The van der Waals surface area contributed by atoms with Crippen LogP contribution in [0.3, 0.4) is 0 Å². The molecule has 0 amide bonds. The summed E-state index contributed by atoms with van der Waals surface area (Å²) in [5.74, 6) is -1.27. The van der Waals surface area contributed by atoms with Crippen molar-refractivity contribution in [3.8, 4) is 0 Å². The summed E-state index contributed by atoms with van der Waals surface area (Å²) >= 11 is -0.167. The topological polar surface area (TPSA) is 49.3 Å². The van der Waals surface area contributed by atoms with Crippen molar-refractivity contribution in [2.45, 2.75) is 30.3 Å². The molecule has 88 valence electrons. The first-order chi connectivity index (χ1) is 6.86. The number of carboxylic acid groups (broad SMARTS) is 1. The highest BCUT2D eigenvalue weighted by molar-refractivity contribution is 8.00. The second-order valence-electron chi connectivity index (χ2n) is 3.46. The summed E-state index contributed by atoms with van der Waals surface area (Å²) in [6, 6.07) is 0. The Morgan fingerprint density at radius 1 is 1.53 bits per heavy atom. The highest BCUT2D eigenvalue weighted by atomic mass is 32.2. The molecule has 2 N–H and O–H groups in total. The highest BCUT2D eigenvalue weighted by Crippen LogP contribution is 2.33. The molecular weight excluding hydrogens is 231 g/mol. The third kappa shape index (κ3) is 3.57. The molecule has 0 saturated carbocycles. The van der Waals surface area contributed by atoms with E-state index in [1.807, 2.05) is 0 Å². The fourth-order valence-electron chi connectivity index (χ4n) is 1.65. The molecule has 3 nitrogen and oxygen atoms in total. The molecule has 1 aliphatic heterocycles. The largest absolute Gasteiger partial charge is 0.480 e. The molecule has 1 rings (SSSR count). The highest BCUT2D eigenvalue weighted by Gasteiger charge is 2.41. The molecule has 1 fully saturated rings. The standard InChI is InChI=1S/C8H12F3NO2S/c9-8(10,11)15-5-3-7(6(13)14)2-1-4-12-7/h12H,1-5H2,(H,13,14). The van der Waals surface area contributed by atoms with Crippen LogP contribution in [0.2, 0.25) is 0 Å². The maximum atomic E-state index is 11.9. The van der Waals surface area contributed by atoms with Gasteiger partial charge in [0, 0.05) is 5.75 Å². The first kappa shape index (κ1) is 12.6. The summed E-state index contributed by atoms with van der Waals surface area (Å²) < 4.78 is 35.6. The third-order valence-corrected chi connectivity index (χ3v) is 3.18. The second-order valence-corrected chi connectivity index (χ2v) is 4.62. The van der Waals surface area contributed by atoms with Gasteiger partial charge in [-0.1, -0.05) is 11.8 Å². The first-order valence-electron chi connectivity index (χ1n) is 4.55. The predicted octanol–water partition coefficient (Wildman–Crippen LogP) is 1.84. The number of thioether (sulfide) groups is 1. The Hall–Kier alpha value is -0.430. The summed E-state index contributed by atoms with van der Waals surface area (Å²) in [5.41, 5.74) is -5.42. The van der Waals surface area contributed by atoms with Gasteiger partial charge in [0.15, 0.2) is 0 Å². The zero-order valence-electron chi connectivity index (χ0n) is 7.93. The summed E-state index contributed by atoms with van der Waals surface area (Å²) in [4.78, 5) is 10.9. The molecule has 1 heterocycles. The van der Waals surface area contributed by atoms with E-state index in [0.717, 1.165) is 0 Å². The number of alkyl halides is 3. The quantitative estimate of drug-likeness (QED) is 0.791. The molecule has 0 aromatic heterocycles. The van der Waals surface area contributed by atoms with Crippen molar-refractivity contribution in [2.75, 3.05) is 12.3 Å². The lowest BCUT2D eigenvalue weighted by molar-refractivity contribution is -0.144. The molecule has 0 aliphatic carbocycles. The van der Waals surface area contributed by atoms with Gasteiger partial charge < -0.3 is 10.4 Å². The zero-order chi connectivity index (χ0) is 11.5. The second kappa shape index (κ2) is 4.61. The lowest BCUT2D eigenvalue weighted by Crippen LogP contribution is -2.48. The summed E-state index contributed by atoms with van der Waals surface area (Å²) in [7, 11) is 0. The van der Waals surface area contributed by atoms with Gasteiger partial charge in [0.1, 0.15) is 5.54 Å². The van der Waals surface area contributed by atoms with Crippen molar-refractivity contribution >= 4 is 17.7 Å². The predicted molar refractivity (Wildman–Crippen MR) is 50.7 cm³/mol. The Bertz CT molecular complexity index is 239. The monoisotopic (exact) mass is 243 g/mol. The molecule has 0 bridgehead atoms. The number of carbonyl (C=O) groups is 1. The lowest BCUT2D eigenvalue weighted by Gasteiger charge is -2.24. The van der Waals surface area contributed by atoms with Crippen molar-refractivity contribution < 1.29 is 23.1 Å². The summed E-state index contributed by atoms with van der Waals surface area (Å²) in [6.45, 7) is 0.559. The van der Waals surface area contributed by atoms with Crippen LogP contribution in [0.25, 0.3) is 0 Å². The van der Waals surface area contributed by atoms with Crippen LogP contribution in [0.1, 0.15) is 19.3 Å². The number of nitrogens with one attached hydrogen (secondary N) is 1. The number of hydrogen-bond donors (Lipinski definition) is 2. The number of rotatable bonds is 4. The van der Waals surface area contributed by atoms with E-state index in [0.29, 0.717) is 19.4 Å². The van der Waals surface area contributed by atoms with Crippen molar-refractivity contribution in [1.29, 1.82) is 0 Å². The molecule has 1 atom stereocenters. The van der Waals surface area contributed by atoms with E-state index in [1.54, 1.807) is 0 Å². The van der Waals surface area contributed by atoms with Crippen molar-refractivity contribution in [1.82, 2.24) is 5.32 Å². The normalized spacial score (nSPS) is 26.9. The van der Waals surface area contributed by atoms with Crippen LogP contribution in [0, 0.1) is 0 Å². The first-order valence-corrected chi connectivity index (χ1v) is 5.53. The van der Waals surface area contributed by atoms with Gasteiger partial charge in [0.25, 0.3) is 0 Å². The van der Waals surface area contributed by atoms with Crippen LogP contribution in [-0.2, 0) is 4.79 Å². The van der Waals surface area contributed by atoms with Gasteiger partial charge in [-0.25, -0.2) is 0 Å². The van der Waals surface area contributed by atoms with E-state index in [2.05, 4.69) is 5.32 Å². The smallest absolute Gasteiger partial charge is 0.441 e. The van der Waals surface area contributed by atoms with Crippen LogP contribution in [0.4, 0.5) is 13.2 Å². The minimum atomic E-state index is -4.28. The van der Waals surface area contributed by atoms with Gasteiger partial charge in [-0.3, -0.25) is 4.79 Å². The molecule has 7 heteroatoms. The van der Waals surface area contributed by atoms with E-state index in [4.69, 9.17) is 5.11 Å². The number of halogens is 3. The van der Waals surface area contributed by atoms with Crippen molar-refractivity contribution in [3.05, 3.63) is 0 Å².